The summed E-state index contributed by atoms with van der Waals surface area (Å²) in [6.45, 7) is 3.21. The number of amides is 1. The molecule has 0 aliphatic carbocycles. The van der Waals surface area contributed by atoms with E-state index in [1.54, 1.807) is 6.08 Å². The third-order valence-corrected chi connectivity index (χ3v) is 12.9. The number of carbonyl (C=O) groups is 1. The van der Waals surface area contributed by atoms with Crippen LogP contribution in [0.5, 0.6) is 0 Å². The Morgan fingerprint density at radius 3 is 1.43 bits per heavy atom. The van der Waals surface area contributed by atoms with Gasteiger partial charge in [-0.25, -0.2) is 4.18 Å². The van der Waals surface area contributed by atoms with Crippen molar-refractivity contribution in [2.45, 2.75) is 268 Å². The number of aliphatic hydroxyl groups is 5. The van der Waals surface area contributed by atoms with Crippen molar-refractivity contribution in [3.63, 3.8) is 0 Å². The maximum atomic E-state index is 13.2. The average molecular weight is 972 g/mol. The van der Waals surface area contributed by atoms with Crippen molar-refractivity contribution in [1.82, 2.24) is 5.32 Å². The summed E-state index contributed by atoms with van der Waals surface area (Å²) >= 11 is 0. The van der Waals surface area contributed by atoms with Crippen LogP contribution >= 0.6 is 0 Å². The molecular weight excluding hydrogens is 875 g/mol. The fraction of sp³-hybridized carbons (Fsp3) is 0.830. The van der Waals surface area contributed by atoms with Gasteiger partial charge in [-0.2, -0.15) is 8.42 Å². The summed E-state index contributed by atoms with van der Waals surface area (Å²) in [5.41, 5.74) is 0. The van der Waals surface area contributed by atoms with Crippen LogP contribution in [0.1, 0.15) is 219 Å². The summed E-state index contributed by atoms with van der Waals surface area (Å²) in [7, 11) is -5.13. The molecule has 14 heteroatoms. The molecule has 67 heavy (non-hydrogen) atoms. The van der Waals surface area contributed by atoms with Gasteiger partial charge in [0.25, 0.3) is 0 Å². The van der Waals surface area contributed by atoms with Gasteiger partial charge in [0, 0.05) is 0 Å². The quantitative estimate of drug-likeness (QED) is 0.0173. The van der Waals surface area contributed by atoms with Crippen LogP contribution in [0.15, 0.2) is 48.6 Å². The lowest BCUT2D eigenvalue weighted by Gasteiger charge is -2.41. The van der Waals surface area contributed by atoms with Crippen LogP contribution in [0.3, 0.4) is 0 Å². The second-order valence-electron chi connectivity index (χ2n) is 18.6. The Kier molecular flexibility index (Phi) is 40.3. The summed E-state index contributed by atoms with van der Waals surface area (Å²) in [5, 5.41) is 55.4. The normalized spacial score (nSPS) is 20.7. The lowest BCUT2D eigenvalue weighted by molar-refractivity contribution is -0.298. The third kappa shape index (κ3) is 34.9. The molecule has 7 N–H and O–H groups in total. The first kappa shape index (κ1) is 63.0. The van der Waals surface area contributed by atoms with Gasteiger partial charge >= 0.3 is 10.4 Å². The Hall–Kier alpha value is -1.98. The number of hydrogen-bond donors (Lipinski definition) is 7. The van der Waals surface area contributed by atoms with Crippen molar-refractivity contribution in [2.75, 3.05) is 13.2 Å². The molecule has 1 heterocycles. The molecule has 8 atom stereocenters. The Bertz CT molecular complexity index is 1390. The van der Waals surface area contributed by atoms with E-state index in [1.807, 2.05) is 0 Å². The average Bonchev–Trinajstić information content (AvgIpc) is 3.30. The second-order valence-corrected chi connectivity index (χ2v) is 19.6. The van der Waals surface area contributed by atoms with Crippen molar-refractivity contribution < 1.29 is 57.0 Å². The molecule has 1 aliphatic rings. The van der Waals surface area contributed by atoms with Gasteiger partial charge in [-0.05, 0) is 70.6 Å². The number of nitrogens with one attached hydrogen (secondary N) is 1. The fourth-order valence-electron chi connectivity index (χ4n) is 8.19. The maximum Gasteiger partial charge on any atom is 0.397 e. The highest BCUT2D eigenvalue weighted by atomic mass is 32.3. The maximum absolute atomic E-state index is 13.2. The first-order valence-corrected chi connectivity index (χ1v) is 28.0. The molecule has 0 spiro atoms. The second kappa shape index (κ2) is 42.9. The first-order chi connectivity index (χ1) is 32.4. The van der Waals surface area contributed by atoms with Gasteiger partial charge in [0.05, 0.1) is 25.4 Å². The van der Waals surface area contributed by atoms with E-state index in [2.05, 4.69) is 59.8 Å². The van der Waals surface area contributed by atoms with E-state index < -0.39 is 78.5 Å². The van der Waals surface area contributed by atoms with E-state index >= 15 is 0 Å². The monoisotopic (exact) mass is 972 g/mol. The number of unbranched alkanes of at least 4 members (excludes halogenated alkanes) is 26. The van der Waals surface area contributed by atoms with E-state index in [1.165, 1.54) is 122 Å². The van der Waals surface area contributed by atoms with Crippen LogP contribution in [-0.4, -0.2) is 107 Å². The van der Waals surface area contributed by atoms with Crippen LogP contribution in [0, 0.1) is 0 Å². The first-order valence-electron chi connectivity index (χ1n) is 26.6. The van der Waals surface area contributed by atoms with Gasteiger partial charge < -0.3 is 40.3 Å². The van der Waals surface area contributed by atoms with Crippen LogP contribution in [0.25, 0.3) is 0 Å². The summed E-state index contributed by atoms with van der Waals surface area (Å²) in [4.78, 5) is 13.2. The molecule has 0 saturated carbocycles. The lowest BCUT2D eigenvalue weighted by atomic mass is 9.99. The van der Waals surface area contributed by atoms with Crippen molar-refractivity contribution in [1.29, 1.82) is 0 Å². The molecule has 0 radical (unpaired) electrons. The Balaban J connectivity index is 2.52. The zero-order valence-electron chi connectivity index (χ0n) is 41.8. The topological polar surface area (TPSA) is 212 Å². The molecular formula is C53H97NO12S. The van der Waals surface area contributed by atoms with Gasteiger partial charge in [-0.1, -0.05) is 197 Å². The van der Waals surface area contributed by atoms with E-state index in [-0.39, 0.29) is 6.42 Å². The predicted octanol–water partition coefficient (Wildman–Crippen LogP) is 10.6. The number of rotatable bonds is 45. The fourth-order valence-corrected chi connectivity index (χ4v) is 8.70. The van der Waals surface area contributed by atoms with E-state index in [9.17, 15) is 43.3 Å². The SMILES string of the molecule is CCCCCCCCC/C=C/CC/C=C/CC/C=C/C(O)C(COC1OC(CO)C(O)C(OS(=O)(=O)O)C1O)NC(=O)C(O)CCCCCCCC/C=C\CCCCCCCCCCCCC. The van der Waals surface area contributed by atoms with Gasteiger partial charge in [0.1, 0.15) is 30.5 Å². The standard InChI is InChI=1S/C53H97NO12S/c1-3-5-7-9-11-13-15-17-19-21-22-23-24-26-28-30-32-34-36-38-40-42-47(57)52(60)54-45(44-64-53-50(59)51(66-67(61,62)63)49(58)48(43-55)65-53)46(56)41-39-37-35-33-31-29-27-25-20-18-16-14-12-10-8-6-4-2/h20,24-26,31,33,39,41,45-51,53,55-59H,3-19,21-23,27-30,32,34-38,40,42-44H2,1-2H3,(H,54,60)(H,61,62,63)/b25-20+,26-24-,33-31+,41-39+. The number of carbonyl (C=O) groups excluding carboxylic acids is 1. The highest BCUT2D eigenvalue weighted by Gasteiger charge is 2.48. The van der Waals surface area contributed by atoms with E-state index in [4.69, 9.17) is 9.47 Å². The van der Waals surface area contributed by atoms with Gasteiger partial charge in [0.15, 0.2) is 6.29 Å². The smallest absolute Gasteiger partial charge is 0.394 e. The van der Waals surface area contributed by atoms with Crippen molar-refractivity contribution in [3.8, 4) is 0 Å². The Morgan fingerprint density at radius 2 is 1.00 bits per heavy atom. The van der Waals surface area contributed by atoms with E-state index in [0.717, 1.165) is 70.6 Å². The van der Waals surface area contributed by atoms with Crippen molar-refractivity contribution >= 4 is 16.3 Å². The van der Waals surface area contributed by atoms with Gasteiger partial charge in [-0.15, -0.1) is 0 Å². The molecule has 1 amide bonds. The number of allylic oxidation sites excluding steroid dienone is 7. The molecule has 1 rings (SSSR count). The van der Waals surface area contributed by atoms with Gasteiger partial charge in [0.2, 0.25) is 5.91 Å². The minimum atomic E-state index is -5.13. The zero-order valence-corrected chi connectivity index (χ0v) is 42.6. The van der Waals surface area contributed by atoms with Crippen molar-refractivity contribution in [2.24, 2.45) is 0 Å². The van der Waals surface area contributed by atoms with Crippen LogP contribution in [0.2, 0.25) is 0 Å². The van der Waals surface area contributed by atoms with Crippen LogP contribution < -0.4 is 5.32 Å². The highest BCUT2D eigenvalue weighted by molar-refractivity contribution is 7.80. The third-order valence-electron chi connectivity index (χ3n) is 12.4. The molecule has 0 aromatic carbocycles. The van der Waals surface area contributed by atoms with Crippen LogP contribution in [0.4, 0.5) is 0 Å². The summed E-state index contributed by atoms with van der Waals surface area (Å²) in [6.07, 6.45) is 41.9. The Morgan fingerprint density at radius 1 is 0.597 bits per heavy atom. The zero-order chi connectivity index (χ0) is 49.2. The molecule has 1 saturated heterocycles. The molecule has 8 unspecified atom stereocenters. The molecule has 13 nitrogen and oxygen atoms in total. The molecule has 0 aromatic heterocycles. The molecule has 0 bridgehead atoms. The van der Waals surface area contributed by atoms with Gasteiger partial charge in [-0.3, -0.25) is 9.35 Å². The number of aliphatic hydroxyl groups excluding tert-OH is 5. The number of hydrogen-bond acceptors (Lipinski definition) is 11. The summed E-state index contributed by atoms with van der Waals surface area (Å²) < 4.78 is 47.6. The van der Waals surface area contributed by atoms with Crippen molar-refractivity contribution in [3.05, 3.63) is 48.6 Å². The minimum Gasteiger partial charge on any atom is -0.394 e. The lowest BCUT2D eigenvalue weighted by Crippen LogP contribution is -2.61. The predicted molar refractivity (Wildman–Crippen MR) is 270 cm³/mol. The van der Waals surface area contributed by atoms with Crippen LogP contribution in [-0.2, 0) is 28.9 Å². The Labute approximate surface area is 407 Å². The highest BCUT2D eigenvalue weighted by Crippen LogP contribution is 2.26. The molecule has 1 fully saturated rings. The molecule has 392 valence electrons. The molecule has 0 aromatic rings. The summed E-state index contributed by atoms with van der Waals surface area (Å²) in [5.74, 6) is -0.721. The minimum absolute atomic E-state index is 0.226. The largest absolute Gasteiger partial charge is 0.397 e. The number of ether oxygens (including phenoxy) is 2. The summed E-state index contributed by atoms with van der Waals surface area (Å²) in [6, 6.07) is -1.15. The van der Waals surface area contributed by atoms with E-state index in [0.29, 0.717) is 12.8 Å². The molecule has 1 aliphatic heterocycles.